The first-order valence-corrected chi connectivity index (χ1v) is 7.69. The Morgan fingerprint density at radius 2 is 1.95 bits per heavy atom. The molecule has 1 aliphatic rings. The maximum absolute atomic E-state index is 12.5. The number of sulfonamides is 1. The Bertz CT molecular complexity index is 580. The molecule has 0 bridgehead atoms. The van der Waals surface area contributed by atoms with Gasteiger partial charge in [-0.1, -0.05) is 0 Å². The SMILES string of the molecule is CCOc1ccc(N)cc1S(=O)(=O)N1CC(O)C(O)C1. The Hall–Kier alpha value is -1.35. The van der Waals surface area contributed by atoms with Gasteiger partial charge in [0.1, 0.15) is 10.6 Å². The fourth-order valence-electron chi connectivity index (χ4n) is 2.07. The van der Waals surface area contributed by atoms with E-state index in [1.807, 2.05) is 0 Å². The van der Waals surface area contributed by atoms with Crippen molar-refractivity contribution in [2.45, 2.75) is 24.0 Å². The summed E-state index contributed by atoms with van der Waals surface area (Å²) in [4.78, 5) is -0.0550. The first-order valence-electron chi connectivity index (χ1n) is 6.25. The number of nitrogens with zero attached hydrogens (tertiary/aromatic N) is 1. The average molecular weight is 302 g/mol. The monoisotopic (exact) mass is 302 g/mol. The van der Waals surface area contributed by atoms with Gasteiger partial charge >= 0.3 is 0 Å². The predicted octanol–water partition coefficient (Wildman–Crippen LogP) is -0.606. The molecule has 8 heteroatoms. The topological polar surface area (TPSA) is 113 Å². The van der Waals surface area contributed by atoms with Gasteiger partial charge in [-0.15, -0.1) is 0 Å². The molecule has 7 nitrogen and oxygen atoms in total. The zero-order chi connectivity index (χ0) is 14.9. The van der Waals surface area contributed by atoms with E-state index in [0.717, 1.165) is 4.31 Å². The van der Waals surface area contributed by atoms with E-state index in [1.54, 1.807) is 13.0 Å². The van der Waals surface area contributed by atoms with E-state index in [2.05, 4.69) is 0 Å². The van der Waals surface area contributed by atoms with Gasteiger partial charge in [-0.2, -0.15) is 4.31 Å². The molecule has 1 aromatic carbocycles. The lowest BCUT2D eigenvalue weighted by atomic mass is 10.3. The highest BCUT2D eigenvalue weighted by molar-refractivity contribution is 7.89. The van der Waals surface area contributed by atoms with Gasteiger partial charge in [-0.05, 0) is 25.1 Å². The van der Waals surface area contributed by atoms with Crippen molar-refractivity contribution in [3.05, 3.63) is 18.2 Å². The van der Waals surface area contributed by atoms with E-state index >= 15 is 0 Å². The van der Waals surface area contributed by atoms with Crippen molar-refractivity contribution in [1.82, 2.24) is 4.31 Å². The number of anilines is 1. The van der Waals surface area contributed by atoms with Crippen LogP contribution in [-0.4, -0.2) is 54.8 Å². The van der Waals surface area contributed by atoms with Crippen molar-refractivity contribution in [2.24, 2.45) is 0 Å². The Balaban J connectivity index is 2.41. The van der Waals surface area contributed by atoms with E-state index in [9.17, 15) is 18.6 Å². The summed E-state index contributed by atoms with van der Waals surface area (Å²) in [6.07, 6.45) is -2.16. The van der Waals surface area contributed by atoms with Crippen LogP contribution in [0.25, 0.3) is 0 Å². The summed E-state index contributed by atoms with van der Waals surface area (Å²) in [6, 6.07) is 4.36. The van der Waals surface area contributed by atoms with Crippen molar-refractivity contribution in [2.75, 3.05) is 25.4 Å². The number of ether oxygens (including phenoxy) is 1. The average Bonchev–Trinajstić information content (AvgIpc) is 2.73. The molecule has 0 saturated carbocycles. The zero-order valence-corrected chi connectivity index (χ0v) is 11.9. The molecule has 0 amide bonds. The highest BCUT2D eigenvalue weighted by Gasteiger charge is 2.38. The van der Waals surface area contributed by atoms with Gasteiger partial charge in [-0.3, -0.25) is 0 Å². The standard InChI is InChI=1S/C12H18N2O5S/c1-2-19-11-4-3-8(13)5-12(11)20(17,18)14-6-9(15)10(16)7-14/h3-5,9-10,15-16H,2,6-7,13H2,1H3. The van der Waals surface area contributed by atoms with Crippen molar-refractivity contribution >= 4 is 15.7 Å². The second-order valence-electron chi connectivity index (χ2n) is 4.60. The Kier molecular flexibility index (Phi) is 4.19. The van der Waals surface area contributed by atoms with Crippen molar-refractivity contribution < 1.29 is 23.4 Å². The van der Waals surface area contributed by atoms with Gasteiger partial charge in [0.25, 0.3) is 0 Å². The summed E-state index contributed by atoms with van der Waals surface area (Å²) in [5.41, 5.74) is 5.93. The highest BCUT2D eigenvalue weighted by atomic mass is 32.2. The zero-order valence-electron chi connectivity index (χ0n) is 11.1. The molecule has 2 rings (SSSR count). The third-order valence-corrected chi connectivity index (χ3v) is 4.96. The molecule has 20 heavy (non-hydrogen) atoms. The molecule has 4 N–H and O–H groups in total. The number of aliphatic hydroxyl groups excluding tert-OH is 2. The fraction of sp³-hybridized carbons (Fsp3) is 0.500. The largest absolute Gasteiger partial charge is 0.492 e. The van der Waals surface area contributed by atoms with Gasteiger partial charge in [0, 0.05) is 18.8 Å². The lowest BCUT2D eigenvalue weighted by Gasteiger charge is -2.18. The van der Waals surface area contributed by atoms with Crippen LogP contribution in [0.4, 0.5) is 5.69 Å². The number of β-amino-alcohol motifs (C(OH)–C–C–N with tert-alkyl or cyclic N) is 2. The van der Waals surface area contributed by atoms with E-state index in [-0.39, 0.29) is 23.7 Å². The predicted molar refractivity (Wildman–Crippen MR) is 72.8 cm³/mol. The summed E-state index contributed by atoms with van der Waals surface area (Å²) in [5.74, 6) is 0.206. The van der Waals surface area contributed by atoms with E-state index in [0.29, 0.717) is 12.3 Å². The smallest absolute Gasteiger partial charge is 0.247 e. The molecule has 1 fully saturated rings. The van der Waals surface area contributed by atoms with E-state index in [1.165, 1.54) is 12.1 Å². The number of hydrogen-bond acceptors (Lipinski definition) is 6. The summed E-state index contributed by atoms with van der Waals surface area (Å²) >= 11 is 0. The van der Waals surface area contributed by atoms with Gasteiger partial charge in [0.05, 0.1) is 18.8 Å². The molecule has 1 heterocycles. The Morgan fingerprint density at radius 3 is 2.50 bits per heavy atom. The first-order chi connectivity index (χ1) is 9.36. The van der Waals surface area contributed by atoms with E-state index in [4.69, 9.17) is 10.5 Å². The number of aliphatic hydroxyl groups is 2. The van der Waals surface area contributed by atoms with Crippen LogP contribution in [0.5, 0.6) is 5.75 Å². The van der Waals surface area contributed by atoms with Gasteiger partial charge in [0.15, 0.2) is 0 Å². The van der Waals surface area contributed by atoms with Crippen LogP contribution in [-0.2, 0) is 10.0 Å². The fourth-order valence-corrected chi connectivity index (χ4v) is 3.71. The number of rotatable bonds is 4. The Labute approximate surface area is 117 Å². The van der Waals surface area contributed by atoms with Gasteiger partial charge < -0.3 is 20.7 Å². The minimum atomic E-state index is -3.87. The van der Waals surface area contributed by atoms with Crippen LogP contribution in [0, 0.1) is 0 Å². The minimum absolute atomic E-state index is 0.0550. The lowest BCUT2D eigenvalue weighted by molar-refractivity contribution is 0.0572. The number of nitrogen functional groups attached to an aromatic ring is 1. The Morgan fingerprint density at radius 1 is 1.35 bits per heavy atom. The van der Waals surface area contributed by atoms with Crippen LogP contribution in [0.3, 0.4) is 0 Å². The first kappa shape index (κ1) is 15.0. The second-order valence-corrected chi connectivity index (χ2v) is 6.50. The third kappa shape index (κ3) is 2.73. The molecular formula is C12H18N2O5S. The van der Waals surface area contributed by atoms with Crippen LogP contribution >= 0.6 is 0 Å². The summed E-state index contributed by atoms with van der Waals surface area (Å²) in [7, 11) is -3.87. The summed E-state index contributed by atoms with van der Waals surface area (Å²) < 4.78 is 31.4. The molecule has 1 aliphatic heterocycles. The maximum atomic E-state index is 12.5. The molecule has 1 saturated heterocycles. The van der Waals surface area contributed by atoms with Crippen molar-refractivity contribution in [3.8, 4) is 5.75 Å². The minimum Gasteiger partial charge on any atom is -0.492 e. The quantitative estimate of drug-likeness (QED) is 0.640. The second kappa shape index (κ2) is 5.57. The maximum Gasteiger partial charge on any atom is 0.247 e. The lowest BCUT2D eigenvalue weighted by Crippen LogP contribution is -2.30. The normalized spacial score (nSPS) is 23.9. The molecule has 0 aliphatic carbocycles. The molecule has 0 spiro atoms. The molecule has 112 valence electrons. The summed E-state index contributed by atoms with van der Waals surface area (Å²) in [5, 5.41) is 19.0. The van der Waals surface area contributed by atoms with Crippen LogP contribution < -0.4 is 10.5 Å². The molecule has 2 unspecified atom stereocenters. The van der Waals surface area contributed by atoms with Crippen LogP contribution in [0.1, 0.15) is 6.92 Å². The molecular weight excluding hydrogens is 284 g/mol. The van der Waals surface area contributed by atoms with Gasteiger partial charge in [0.2, 0.25) is 10.0 Å². The molecule has 0 radical (unpaired) electrons. The molecule has 1 aromatic rings. The molecule has 2 atom stereocenters. The number of nitrogens with two attached hydrogens (primary N) is 1. The number of benzene rings is 1. The number of hydrogen-bond donors (Lipinski definition) is 3. The molecule has 0 aromatic heterocycles. The van der Waals surface area contributed by atoms with Crippen LogP contribution in [0.2, 0.25) is 0 Å². The van der Waals surface area contributed by atoms with Crippen molar-refractivity contribution in [3.63, 3.8) is 0 Å². The van der Waals surface area contributed by atoms with Crippen LogP contribution in [0.15, 0.2) is 23.1 Å². The summed E-state index contributed by atoms with van der Waals surface area (Å²) in [6.45, 7) is 1.77. The van der Waals surface area contributed by atoms with Gasteiger partial charge in [-0.25, -0.2) is 8.42 Å². The van der Waals surface area contributed by atoms with Crippen molar-refractivity contribution in [1.29, 1.82) is 0 Å². The van der Waals surface area contributed by atoms with E-state index < -0.39 is 22.2 Å². The third-order valence-electron chi connectivity index (χ3n) is 3.11. The highest BCUT2D eigenvalue weighted by Crippen LogP contribution is 2.30.